The van der Waals surface area contributed by atoms with Gasteiger partial charge in [-0.15, -0.1) is 0 Å². The van der Waals surface area contributed by atoms with Crippen LogP contribution in [0.2, 0.25) is 0 Å². The molecule has 1 aliphatic rings. The van der Waals surface area contributed by atoms with Crippen LogP contribution in [-0.2, 0) is 11.3 Å². The third-order valence-corrected chi connectivity index (χ3v) is 4.00. The Labute approximate surface area is 128 Å². The molecule has 0 spiro atoms. The summed E-state index contributed by atoms with van der Waals surface area (Å²) in [4.78, 5) is 10.2. The van der Waals surface area contributed by atoms with Crippen molar-refractivity contribution in [3.05, 3.63) is 47.5 Å². The van der Waals surface area contributed by atoms with Crippen LogP contribution in [0.25, 0.3) is 10.8 Å². The minimum atomic E-state index is 0.400. The number of benzene rings is 2. The van der Waals surface area contributed by atoms with Crippen LogP contribution in [0.15, 0.2) is 36.4 Å². The molecule has 0 atom stereocenters. The van der Waals surface area contributed by atoms with Crippen molar-refractivity contribution in [1.29, 1.82) is 0 Å². The maximum absolute atomic E-state index is 10.2. The Hall–Kier alpha value is -2.14. The first-order valence-electron chi connectivity index (χ1n) is 7.03. The van der Waals surface area contributed by atoms with Gasteiger partial charge in [-0.1, -0.05) is 36.4 Å². The van der Waals surface area contributed by atoms with Crippen LogP contribution in [0.4, 0.5) is 0 Å². The van der Waals surface area contributed by atoms with Crippen molar-refractivity contribution < 1.29 is 4.79 Å². The molecule has 4 nitrogen and oxygen atoms in total. The lowest BCUT2D eigenvalue weighted by molar-refractivity contribution is -0.110. The Morgan fingerprint density at radius 1 is 1.19 bits per heavy atom. The summed E-state index contributed by atoms with van der Waals surface area (Å²) in [7, 11) is 0. The Morgan fingerprint density at radius 2 is 1.95 bits per heavy atom. The second-order valence-electron chi connectivity index (χ2n) is 5.20. The van der Waals surface area contributed by atoms with Crippen molar-refractivity contribution in [2.45, 2.75) is 25.3 Å². The number of carbonyl (C=O) groups excluding carboxylic acids is 1. The number of amides is 1. The van der Waals surface area contributed by atoms with Gasteiger partial charge >= 0.3 is 0 Å². The lowest BCUT2D eigenvalue weighted by Gasteiger charge is -2.13. The van der Waals surface area contributed by atoms with E-state index in [9.17, 15) is 4.79 Å². The fourth-order valence-electron chi connectivity index (χ4n) is 2.60. The zero-order valence-corrected chi connectivity index (χ0v) is 12.4. The van der Waals surface area contributed by atoms with Crippen LogP contribution in [0, 0.1) is 0 Å². The minimum Gasteiger partial charge on any atom is -0.357 e. The third-order valence-electron chi connectivity index (χ3n) is 3.75. The van der Waals surface area contributed by atoms with Gasteiger partial charge in [0.25, 0.3) is 0 Å². The van der Waals surface area contributed by atoms with Crippen molar-refractivity contribution in [3.8, 4) is 0 Å². The molecular weight excluding hydrogens is 282 g/mol. The summed E-state index contributed by atoms with van der Waals surface area (Å²) in [6.45, 7) is 0.623. The molecule has 5 heteroatoms. The Morgan fingerprint density at radius 3 is 2.67 bits per heavy atom. The summed E-state index contributed by atoms with van der Waals surface area (Å²) < 4.78 is 0. The Kier molecular flexibility index (Phi) is 4.01. The quantitative estimate of drug-likeness (QED) is 0.451. The first-order chi connectivity index (χ1) is 10.3. The fraction of sp³-hybridized carbons (Fsp3) is 0.250. The Balaban J connectivity index is 1.81. The molecule has 1 amide bonds. The first kappa shape index (κ1) is 13.8. The van der Waals surface area contributed by atoms with Crippen LogP contribution >= 0.6 is 12.2 Å². The second-order valence-corrected chi connectivity index (χ2v) is 5.61. The molecule has 21 heavy (non-hydrogen) atoms. The van der Waals surface area contributed by atoms with Crippen molar-refractivity contribution in [1.82, 2.24) is 16.2 Å². The van der Waals surface area contributed by atoms with Gasteiger partial charge in [-0.25, -0.2) is 0 Å². The number of nitrogens with one attached hydrogen (secondary N) is 3. The molecule has 0 heterocycles. The largest absolute Gasteiger partial charge is 0.357 e. The molecule has 2 aromatic carbocycles. The normalized spacial score (nSPS) is 13.7. The highest BCUT2D eigenvalue weighted by atomic mass is 32.1. The number of hydrazine groups is 1. The van der Waals surface area contributed by atoms with E-state index >= 15 is 0 Å². The lowest BCUT2D eigenvalue weighted by Crippen LogP contribution is -2.42. The molecule has 108 valence electrons. The molecule has 3 rings (SSSR count). The number of fused-ring (bicyclic) bond motifs is 1. The van der Waals surface area contributed by atoms with E-state index in [4.69, 9.17) is 12.2 Å². The van der Waals surface area contributed by atoms with Crippen molar-refractivity contribution in [3.63, 3.8) is 0 Å². The molecule has 0 unspecified atom stereocenters. The Bertz CT molecular complexity index is 682. The maximum atomic E-state index is 10.2. The van der Waals surface area contributed by atoms with E-state index in [1.165, 1.54) is 34.7 Å². The molecule has 0 aromatic heterocycles. The molecule has 0 bridgehead atoms. The van der Waals surface area contributed by atoms with E-state index in [-0.39, 0.29) is 0 Å². The fourth-order valence-corrected chi connectivity index (χ4v) is 2.74. The predicted molar refractivity (Wildman–Crippen MR) is 87.7 cm³/mol. The van der Waals surface area contributed by atoms with Gasteiger partial charge in [0, 0.05) is 6.54 Å². The lowest BCUT2D eigenvalue weighted by atomic mass is 9.97. The number of thiocarbonyl (C=S) groups is 1. The average molecular weight is 299 g/mol. The van der Waals surface area contributed by atoms with Crippen molar-refractivity contribution in [2.75, 3.05) is 0 Å². The summed E-state index contributed by atoms with van der Waals surface area (Å²) in [6, 6.07) is 12.9. The van der Waals surface area contributed by atoms with Crippen LogP contribution in [0.5, 0.6) is 0 Å². The average Bonchev–Trinajstić information content (AvgIpc) is 3.35. The number of hydrogen-bond donors (Lipinski definition) is 3. The predicted octanol–water partition coefficient (Wildman–Crippen LogP) is 2.34. The van der Waals surface area contributed by atoms with E-state index in [0.29, 0.717) is 18.1 Å². The van der Waals surface area contributed by atoms with E-state index in [1.807, 2.05) is 0 Å². The smallest absolute Gasteiger partial charge is 0.225 e. The zero-order valence-electron chi connectivity index (χ0n) is 11.6. The van der Waals surface area contributed by atoms with Gasteiger partial charge in [-0.3, -0.25) is 15.6 Å². The summed E-state index contributed by atoms with van der Waals surface area (Å²) >= 11 is 5.08. The van der Waals surface area contributed by atoms with Gasteiger partial charge in [0.15, 0.2) is 5.11 Å². The monoisotopic (exact) mass is 299 g/mol. The van der Waals surface area contributed by atoms with Gasteiger partial charge in [0.2, 0.25) is 6.41 Å². The highest BCUT2D eigenvalue weighted by molar-refractivity contribution is 7.80. The van der Waals surface area contributed by atoms with Gasteiger partial charge < -0.3 is 5.32 Å². The van der Waals surface area contributed by atoms with E-state index in [1.54, 1.807) is 0 Å². The molecule has 1 fully saturated rings. The van der Waals surface area contributed by atoms with Gasteiger partial charge in [-0.05, 0) is 52.9 Å². The van der Waals surface area contributed by atoms with Gasteiger partial charge in [0.05, 0.1) is 0 Å². The summed E-state index contributed by atoms with van der Waals surface area (Å²) in [5.74, 6) is 0.733. The van der Waals surface area contributed by atoms with E-state index < -0.39 is 0 Å². The van der Waals surface area contributed by atoms with Crippen LogP contribution in [0.3, 0.4) is 0 Å². The van der Waals surface area contributed by atoms with Crippen LogP contribution in [0.1, 0.15) is 29.9 Å². The molecule has 0 aliphatic heterocycles. The summed E-state index contributed by atoms with van der Waals surface area (Å²) in [6.07, 6.45) is 3.15. The van der Waals surface area contributed by atoms with Crippen molar-refractivity contribution in [2.24, 2.45) is 0 Å². The molecule has 0 saturated heterocycles. The number of hydrogen-bond acceptors (Lipinski definition) is 2. The van der Waals surface area contributed by atoms with Gasteiger partial charge in [0.1, 0.15) is 0 Å². The topological polar surface area (TPSA) is 53.2 Å². The molecule has 2 aromatic rings. The highest BCUT2D eigenvalue weighted by Crippen LogP contribution is 2.43. The maximum Gasteiger partial charge on any atom is 0.225 e. The molecule has 0 radical (unpaired) electrons. The third kappa shape index (κ3) is 3.13. The van der Waals surface area contributed by atoms with Crippen molar-refractivity contribution >= 4 is 34.5 Å². The molecule has 1 saturated carbocycles. The standard InChI is InChI=1S/C16H17N3OS/c20-10-18-19-16(21)17-9-12-7-8-14(11-5-6-11)15-4-2-1-3-13(12)15/h1-4,7-8,10-11H,5-6,9H2,(H,18,20)(H2,17,19,21). The van der Waals surface area contributed by atoms with Crippen LogP contribution in [-0.4, -0.2) is 11.5 Å². The summed E-state index contributed by atoms with van der Waals surface area (Å²) in [5, 5.41) is 6.09. The van der Waals surface area contributed by atoms with E-state index in [2.05, 4.69) is 52.6 Å². The molecule has 1 aliphatic carbocycles. The molecular formula is C16H17N3OS. The number of rotatable bonds is 5. The highest BCUT2D eigenvalue weighted by Gasteiger charge is 2.25. The SMILES string of the molecule is O=CNNC(=S)NCc1ccc(C2CC2)c2ccccc12. The second kappa shape index (κ2) is 6.10. The summed E-state index contributed by atoms with van der Waals surface area (Å²) in [5.41, 5.74) is 7.57. The number of carbonyl (C=O) groups is 1. The van der Waals surface area contributed by atoms with Gasteiger partial charge in [-0.2, -0.15) is 0 Å². The molecule has 3 N–H and O–H groups in total. The minimum absolute atomic E-state index is 0.400. The zero-order chi connectivity index (χ0) is 14.7. The first-order valence-corrected chi connectivity index (χ1v) is 7.44. The van der Waals surface area contributed by atoms with Crippen LogP contribution < -0.4 is 16.2 Å². The van der Waals surface area contributed by atoms with E-state index in [0.717, 1.165) is 5.92 Å².